The fourth-order valence-corrected chi connectivity index (χ4v) is 3.26. The van der Waals surface area contributed by atoms with Gasteiger partial charge in [0.1, 0.15) is 0 Å². The van der Waals surface area contributed by atoms with Crippen molar-refractivity contribution in [2.45, 2.75) is 66.5 Å². The van der Waals surface area contributed by atoms with Crippen molar-refractivity contribution >= 4 is 16.9 Å². The molecule has 0 radical (unpaired) electrons. The zero-order chi connectivity index (χ0) is 23.1. The lowest BCUT2D eigenvalue weighted by atomic mass is 10.0. The molecule has 166 valence electrons. The molecule has 1 amide bonds. The maximum absolute atomic E-state index is 13.3. The van der Waals surface area contributed by atoms with Crippen molar-refractivity contribution in [2.75, 3.05) is 0 Å². The minimum atomic E-state index is -0.957. The van der Waals surface area contributed by atoms with Crippen molar-refractivity contribution in [1.82, 2.24) is 30.0 Å². The number of aromatic nitrogens is 5. The van der Waals surface area contributed by atoms with Gasteiger partial charge in [-0.25, -0.2) is 9.78 Å². The van der Waals surface area contributed by atoms with Gasteiger partial charge in [0, 0.05) is 19.2 Å². The molecule has 0 unspecified atom stereocenters. The van der Waals surface area contributed by atoms with Gasteiger partial charge in [-0.3, -0.25) is 19.1 Å². The Hall–Kier alpha value is -3.30. The number of amides is 1. The molecule has 3 aromatic rings. The lowest BCUT2D eigenvalue weighted by molar-refractivity contribution is 0.0909. The van der Waals surface area contributed by atoms with E-state index in [9.17, 15) is 14.4 Å². The fourth-order valence-electron chi connectivity index (χ4n) is 3.26. The van der Waals surface area contributed by atoms with Crippen LogP contribution in [0.1, 0.15) is 75.2 Å². The zero-order valence-electron chi connectivity index (χ0n) is 18.9. The molecule has 0 saturated carbocycles. The zero-order valence-corrected chi connectivity index (χ0v) is 18.9. The summed E-state index contributed by atoms with van der Waals surface area (Å²) in [6.45, 7) is 13.3. The normalized spacial score (nSPS) is 12.2. The van der Waals surface area contributed by atoms with E-state index in [-0.39, 0.29) is 28.4 Å². The molecule has 0 spiro atoms. The molecular weight excluding hydrogens is 400 g/mol. The van der Waals surface area contributed by atoms with Crippen LogP contribution >= 0.6 is 0 Å². The number of pyridine rings is 1. The summed E-state index contributed by atoms with van der Waals surface area (Å²) in [5, 5.41) is 6.83. The minimum absolute atomic E-state index is 0.0225. The molecule has 0 aromatic carbocycles. The number of carbonyl (C=O) groups is 1. The Bertz CT molecular complexity index is 1250. The van der Waals surface area contributed by atoms with E-state index >= 15 is 0 Å². The van der Waals surface area contributed by atoms with E-state index in [1.807, 2.05) is 27.7 Å². The summed E-state index contributed by atoms with van der Waals surface area (Å²) in [7, 11) is 0. The first-order valence-corrected chi connectivity index (χ1v) is 10.2. The van der Waals surface area contributed by atoms with E-state index < -0.39 is 22.7 Å². The Morgan fingerprint density at radius 2 is 1.90 bits per heavy atom. The molecule has 3 aromatic heterocycles. The predicted molar refractivity (Wildman–Crippen MR) is 115 cm³/mol. The number of rotatable bonds is 6. The summed E-state index contributed by atoms with van der Waals surface area (Å²) in [6.07, 6.45) is 0. The van der Waals surface area contributed by atoms with Gasteiger partial charge >= 0.3 is 5.69 Å². The van der Waals surface area contributed by atoms with Gasteiger partial charge in [0.25, 0.3) is 11.5 Å². The number of carbonyl (C=O) groups excluding carboxylic acids is 1. The predicted octanol–water partition coefficient (Wildman–Crippen LogP) is 2.22. The molecule has 0 fully saturated rings. The average Bonchev–Trinajstić information content (AvgIpc) is 3.10. The second-order valence-corrected chi connectivity index (χ2v) is 8.93. The van der Waals surface area contributed by atoms with Gasteiger partial charge in [-0.15, -0.1) is 0 Å². The third-order valence-corrected chi connectivity index (χ3v) is 4.87. The number of nitrogens with zero attached hydrogens (tertiary/aromatic N) is 4. The number of H-pyrrole nitrogens is 1. The van der Waals surface area contributed by atoms with Crippen molar-refractivity contribution < 1.29 is 9.32 Å². The van der Waals surface area contributed by atoms with Gasteiger partial charge in [-0.2, -0.15) is 4.98 Å². The highest BCUT2D eigenvalue weighted by Crippen LogP contribution is 2.23. The van der Waals surface area contributed by atoms with Crippen LogP contribution in [0.25, 0.3) is 11.0 Å². The first-order chi connectivity index (χ1) is 14.4. The highest BCUT2D eigenvalue weighted by atomic mass is 16.5. The molecular formula is C21H28N6O4. The molecule has 0 bridgehead atoms. The first-order valence-electron chi connectivity index (χ1n) is 10.2. The van der Waals surface area contributed by atoms with E-state index in [0.29, 0.717) is 24.0 Å². The van der Waals surface area contributed by atoms with Gasteiger partial charge < -0.3 is 9.84 Å². The minimum Gasteiger partial charge on any atom is -0.340 e. The van der Waals surface area contributed by atoms with E-state index in [1.54, 1.807) is 26.8 Å². The molecule has 3 heterocycles. The Morgan fingerprint density at radius 1 is 1.23 bits per heavy atom. The molecule has 0 aliphatic rings. The smallest absolute Gasteiger partial charge is 0.330 e. The third kappa shape index (κ3) is 4.42. The Balaban J connectivity index is 2.22. The largest absolute Gasteiger partial charge is 0.340 e. The van der Waals surface area contributed by atoms with Crippen molar-refractivity contribution in [3.8, 4) is 0 Å². The summed E-state index contributed by atoms with van der Waals surface area (Å²) >= 11 is 0. The summed E-state index contributed by atoms with van der Waals surface area (Å²) in [5.41, 5.74) is -1.21. The molecule has 0 aliphatic heterocycles. The second kappa shape index (κ2) is 8.09. The molecule has 0 atom stereocenters. The van der Waals surface area contributed by atoms with Gasteiger partial charge in [-0.05, 0) is 31.7 Å². The topological polar surface area (TPSA) is 136 Å². The fraction of sp³-hybridized carbons (Fsp3) is 0.524. The van der Waals surface area contributed by atoms with Crippen LogP contribution in [0, 0.1) is 12.8 Å². The SMILES string of the molecule is Cc1nc(C(C)(C)NC(=O)c2cc(C(C)C)nc3c2c(=O)[nH]c(=O)n3CC(C)C)no1. The molecule has 0 saturated heterocycles. The lowest BCUT2D eigenvalue weighted by Crippen LogP contribution is -2.42. The van der Waals surface area contributed by atoms with Crippen LogP contribution in [0.3, 0.4) is 0 Å². The number of nitrogens with one attached hydrogen (secondary N) is 2. The quantitative estimate of drug-likeness (QED) is 0.614. The second-order valence-electron chi connectivity index (χ2n) is 8.93. The van der Waals surface area contributed by atoms with Gasteiger partial charge in [0.15, 0.2) is 11.5 Å². The van der Waals surface area contributed by atoms with Gasteiger partial charge in [0.2, 0.25) is 5.89 Å². The standard InChI is InChI=1S/C21H28N6O4/c1-10(2)9-27-16-15(18(29)24-20(27)30)13(8-14(23-16)11(3)4)17(28)25-21(6,7)19-22-12(5)31-26-19/h8,10-11H,9H2,1-7H3,(H,25,28)(H,24,29,30). The van der Waals surface area contributed by atoms with Crippen molar-refractivity contribution in [3.05, 3.63) is 49.9 Å². The summed E-state index contributed by atoms with van der Waals surface area (Å²) in [6, 6.07) is 1.60. The van der Waals surface area contributed by atoms with Crippen molar-refractivity contribution in [1.29, 1.82) is 0 Å². The highest BCUT2D eigenvalue weighted by molar-refractivity contribution is 6.05. The molecule has 3 rings (SSSR count). The monoisotopic (exact) mass is 428 g/mol. The summed E-state index contributed by atoms with van der Waals surface area (Å²) in [4.78, 5) is 49.7. The lowest BCUT2D eigenvalue weighted by Gasteiger charge is -2.23. The number of aromatic amines is 1. The number of hydrogen-bond donors (Lipinski definition) is 2. The van der Waals surface area contributed by atoms with E-state index in [1.165, 1.54) is 4.57 Å². The highest BCUT2D eigenvalue weighted by Gasteiger charge is 2.30. The summed E-state index contributed by atoms with van der Waals surface area (Å²) in [5.74, 6) is 0.302. The number of hydrogen-bond acceptors (Lipinski definition) is 7. The van der Waals surface area contributed by atoms with Crippen molar-refractivity contribution in [2.24, 2.45) is 5.92 Å². The number of fused-ring (bicyclic) bond motifs is 1. The molecule has 0 aliphatic carbocycles. The Labute approximate surface area is 179 Å². The van der Waals surface area contributed by atoms with Crippen LogP contribution in [0.15, 0.2) is 20.2 Å². The Morgan fingerprint density at radius 3 is 2.45 bits per heavy atom. The average molecular weight is 428 g/mol. The molecule has 2 N–H and O–H groups in total. The van der Waals surface area contributed by atoms with Crippen LogP contribution in [-0.2, 0) is 12.1 Å². The van der Waals surface area contributed by atoms with Crippen LogP contribution in [0.2, 0.25) is 0 Å². The van der Waals surface area contributed by atoms with E-state index in [0.717, 1.165) is 0 Å². The van der Waals surface area contributed by atoms with Crippen LogP contribution in [0.4, 0.5) is 0 Å². The maximum atomic E-state index is 13.3. The van der Waals surface area contributed by atoms with Gasteiger partial charge in [-0.1, -0.05) is 32.9 Å². The van der Waals surface area contributed by atoms with Gasteiger partial charge in [0.05, 0.1) is 16.5 Å². The molecule has 10 nitrogen and oxygen atoms in total. The van der Waals surface area contributed by atoms with Crippen molar-refractivity contribution in [3.63, 3.8) is 0 Å². The molecule has 31 heavy (non-hydrogen) atoms. The first kappa shape index (κ1) is 22.4. The number of aryl methyl sites for hydroxylation is 1. The third-order valence-electron chi connectivity index (χ3n) is 4.87. The van der Waals surface area contributed by atoms with E-state index in [2.05, 4.69) is 25.4 Å². The Kier molecular flexibility index (Phi) is 5.84. The maximum Gasteiger partial charge on any atom is 0.330 e. The molecule has 10 heteroatoms. The van der Waals surface area contributed by atoms with Crippen LogP contribution < -0.4 is 16.6 Å². The van der Waals surface area contributed by atoms with Crippen LogP contribution in [-0.4, -0.2) is 30.6 Å². The summed E-state index contributed by atoms with van der Waals surface area (Å²) < 4.78 is 6.44. The van der Waals surface area contributed by atoms with E-state index in [4.69, 9.17) is 4.52 Å². The van der Waals surface area contributed by atoms with Crippen LogP contribution in [0.5, 0.6) is 0 Å².